The lowest BCUT2D eigenvalue weighted by molar-refractivity contribution is -0.00558. The van der Waals surface area contributed by atoms with E-state index >= 15 is 0 Å². The predicted molar refractivity (Wildman–Crippen MR) is 60.4 cm³/mol. The van der Waals surface area contributed by atoms with Crippen LogP contribution in [0, 0.1) is 0 Å². The monoisotopic (exact) mass is 211 g/mol. The summed E-state index contributed by atoms with van der Waals surface area (Å²) in [5.41, 5.74) is 0.00962. The highest BCUT2D eigenvalue weighted by atomic mass is 16.3. The van der Waals surface area contributed by atoms with Crippen molar-refractivity contribution in [1.29, 1.82) is 0 Å². The van der Waals surface area contributed by atoms with Crippen molar-refractivity contribution in [2.45, 2.75) is 45.4 Å². The van der Waals surface area contributed by atoms with Gasteiger partial charge in [-0.3, -0.25) is 4.68 Å². The van der Waals surface area contributed by atoms with Crippen molar-refractivity contribution in [3.05, 3.63) is 18.0 Å². The van der Waals surface area contributed by atoms with Crippen LogP contribution in [-0.2, 0) is 13.6 Å². The second-order valence-electron chi connectivity index (χ2n) is 4.98. The van der Waals surface area contributed by atoms with Crippen LogP contribution in [0.5, 0.6) is 0 Å². The predicted octanol–water partition coefficient (Wildman–Crippen LogP) is 1.06. The van der Waals surface area contributed by atoms with Gasteiger partial charge in [0.25, 0.3) is 0 Å². The van der Waals surface area contributed by atoms with Gasteiger partial charge in [-0.2, -0.15) is 5.10 Å². The molecule has 0 aliphatic heterocycles. The first-order chi connectivity index (χ1) is 6.74. The molecule has 0 unspecified atom stereocenters. The van der Waals surface area contributed by atoms with Gasteiger partial charge >= 0.3 is 0 Å². The van der Waals surface area contributed by atoms with Gasteiger partial charge in [0, 0.05) is 25.3 Å². The van der Waals surface area contributed by atoms with Gasteiger partial charge in [0.1, 0.15) is 0 Å². The van der Waals surface area contributed by atoms with Crippen LogP contribution in [0.25, 0.3) is 0 Å². The molecule has 0 spiro atoms. The molecule has 0 aliphatic rings. The van der Waals surface area contributed by atoms with E-state index in [0.29, 0.717) is 6.54 Å². The number of nitrogens with one attached hydrogen (secondary N) is 1. The summed E-state index contributed by atoms with van der Waals surface area (Å²) in [7, 11) is 1.91. The van der Waals surface area contributed by atoms with E-state index in [2.05, 4.69) is 10.4 Å². The van der Waals surface area contributed by atoms with E-state index in [1.165, 1.54) is 0 Å². The van der Waals surface area contributed by atoms with Crippen molar-refractivity contribution in [2.24, 2.45) is 7.05 Å². The highest BCUT2D eigenvalue weighted by Crippen LogP contribution is 2.20. The second kappa shape index (κ2) is 3.94. The van der Waals surface area contributed by atoms with E-state index in [4.69, 9.17) is 0 Å². The third kappa shape index (κ3) is 2.79. The lowest BCUT2D eigenvalue weighted by Crippen LogP contribution is -2.55. The summed E-state index contributed by atoms with van der Waals surface area (Å²) in [5.74, 6) is 0. The van der Waals surface area contributed by atoms with Gasteiger partial charge in [0.15, 0.2) is 0 Å². The Kier molecular flexibility index (Phi) is 3.21. The van der Waals surface area contributed by atoms with E-state index in [1.54, 1.807) is 6.20 Å². The van der Waals surface area contributed by atoms with Crippen LogP contribution in [0.1, 0.15) is 33.4 Å². The van der Waals surface area contributed by atoms with Crippen LogP contribution in [0.3, 0.4) is 0 Å². The first kappa shape index (κ1) is 12.2. The Hall–Kier alpha value is -0.870. The van der Waals surface area contributed by atoms with E-state index in [-0.39, 0.29) is 5.54 Å². The molecule has 0 amide bonds. The van der Waals surface area contributed by atoms with Crippen molar-refractivity contribution in [2.75, 3.05) is 0 Å². The minimum Gasteiger partial charge on any atom is -0.389 e. The SMILES string of the molecule is Cn1nccc1CNC(C)(C)C(C)(C)O. The van der Waals surface area contributed by atoms with Gasteiger partial charge in [-0.05, 0) is 33.8 Å². The molecule has 86 valence electrons. The Morgan fingerprint density at radius 3 is 2.40 bits per heavy atom. The molecule has 1 rings (SSSR count). The molecule has 0 bridgehead atoms. The van der Waals surface area contributed by atoms with E-state index in [9.17, 15) is 5.11 Å². The molecule has 0 fully saturated rings. The second-order valence-corrected chi connectivity index (χ2v) is 4.98. The van der Waals surface area contributed by atoms with Gasteiger partial charge in [-0.15, -0.1) is 0 Å². The van der Waals surface area contributed by atoms with Crippen LogP contribution in [-0.4, -0.2) is 26.0 Å². The molecule has 15 heavy (non-hydrogen) atoms. The molecule has 0 atom stereocenters. The minimum atomic E-state index is -0.758. The summed E-state index contributed by atoms with van der Waals surface area (Å²) in [5, 5.41) is 17.4. The zero-order valence-electron chi connectivity index (χ0n) is 10.2. The molecule has 4 nitrogen and oxygen atoms in total. The Bertz CT molecular complexity index is 323. The van der Waals surface area contributed by atoms with Crippen LogP contribution >= 0.6 is 0 Å². The van der Waals surface area contributed by atoms with Crippen molar-refractivity contribution < 1.29 is 5.11 Å². The van der Waals surface area contributed by atoms with Crippen molar-refractivity contribution in [1.82, 2.24) is 15.1 Å². The number of aryl methyl sites for hydroxylation is 1. The molecule has 4 heteroatoms. The fraction of sp³-hybridized carbons (Fsp3) is 0.727. The summed E-state index contributed by atoms with van der Waals surface area (Å²) >= 11 is 0. The average molecular weight is 211 g/mol. The third-order valence-electron chi connectivity index (χ3n) is 3.16. The molecule has 2 N–H and O–H groups in total. The summed E-state index contributed by atoms with van der Waals surface area (Å²) in [6, 6.07) is 1.97. The van der Waals surface area contributed by atoms with Gasteiger partial charge in [0.2, 0.25) is 0 Å². The third-order valence-corrected chi connectivity index (χ3v) is 3.16. The summed E-state index contributed by atoms with van der Waals surface area (Å²) in [6.07, 6.45) is 1.77. The molecular weight excluding hydrogens is 190 g/mol. The van der Waals surface area contributed by atoms with E-state index in [1.807, 2.05) is 45.5 Å². The number of nitrogens with zero attached hydrogens (tertiary/aromatic N) is 2. The van der Waals surface area contributed by atoms with Crippen LogP contribution in [0.15, 0.2) is 12.3 Å². The summed E-state index contributed by atoms with van der Waals surface area (Å²) in [4.78, 5) is 0. The fourth-order valence-electron chi connectivity index (χ4n) is 1.10. The zero-order chi connectivity index (χ0) is 11.7. The number of rotatable bonds is 4. The number of hydrogen-bond donors (Lipinski definition) is 2. The first-order valence-corrected chi connectivity index (χ1v) is 5.18. The number of aliphatic hydroxyl groups is 1. The number of hydrogen-bond acceptors (Lipinski definition) is 3. The zero-order valence-corrected chi connectivity index (χ0v) is 10.2. The van der Waals surface area contributed by atoms with Crippen LogP contribution in [0.2, 0.25) is 0 Å². The standard InChI is InChI=1S/C11H21N3O/c1-10(2,11(3,4)15)12-8-9-6-7-13-14(9)5/h6-7,12,15H,8H2,1-5H3. The molecule has 1 heterocycles. The molecule has 0 saturated carbocycles. The summed E-state index contributed by atoms with van der Waals surface area (Å²) in [6.45, 7) is 8.30. The van der Waals surface area contributed by atoms with Crippen LogP contribution < -0.4 is 5.32 Å². The smallest absolute Gasteiger partial charge is 0.0767 e. The van der Waals surface area contributed by atoms with Gasteiger partial charge in [0.05, 0.1) is 11.3 Å². The Labute approximate surface area is 91.3 Å². The van der Waals surface area contributed by atoms with Gasteiger partial charge in [-0.25, -0.2) is 0 Å². The van der Waals surface area contributed by atoms with Crippen molar-refractivity contribution in [3.63, 3.8) is 0 Å². The van der Waals surface area contributed by atoms with Crippen LogP contribution in [0.4, 0.5) is 0 Å². The quantitative estimate of drug-likeness (QED) is 0.783. The highest BCUT2D eigenvalue weighted by Gasteiger charge is 2.34. The Balaban J connectivity index is 2.61. The van der Waals surface area contributed by atoms with Gasteiger partial charge < -0.3 is 10.4 Å². The van der Waals surface area contributed by atoms with E-state index in [0.717, 1.165) is 5.69 Å². The maximum atomic E-state index is 9.96. The molecule has 1 aromatic heterocycles. The minimum absolute atomic E-state index is 0.336. The fourth-order valence-corrected chi connectivity index (χ4v) is 1.10. The van der Waals surface area contributed by atoms with E-state index < -0.39 is 5.60 Å². The maximum Gasteiger partial charge on any atom is 0.0767 e. The number of aromatic nitrogens is 2. The molecule has 0 aromatic carbocycles. The van der Waals surface area contributed by atoms with Crippen molar-refractivity contribution >= 4 is 0 Å². The lowest BCUT2D eigenvalue weighted by Gasteiger charge is -2.38. The molecule has 0 radical (unpaired) electrons. The molecule has 0 aliphatic carbocycles. The highest BCUT2D eigenvalue weighted by molar-refractivity contribution is 5.02. The molecular formula is C11H21N3O. The molecule has 1 aromatic rings. The average Bonchev–Trinajstić information content (AvgIpc) is 2.46. The Morgan fingerprint density at radius 1 is 1.40 bits per heavy atom. The van der Waals surface area contributed by atoms with Crippen molar-refractivity contribution in [3.8, 4) is 0 Å². The van der Waals surface area contributed by atoms with Gasteiger partial charge in [-0.1, -0.05) is 0 Å². The first-order valence-electron chi connectivity index (χ1n) is 5.18. The Morgan fingerprint density at radius 2 is 2.00 bits per heavy atom. The summed E-state index contributed by atoms with van der Waals surface area (Å²) < 4.78 is 1.83. The molecule has 0 saturated heterocycles. The normalized spacial score (nSPS) is 13.2. The maximum absolute atomic E-state index is 9.96. The largest absolute Gasteiger partial charge is 0.389 e. The topological polar surface area (TPSA) is 50.1 Å². The lowest BCUT2D eigenvalue weighted by atomic mass is 9.86.